The molecule has 1 amide bonds. The molecule has 2 bridgehead atoms. The molecule has 6 nitrogen and oxygen atoms in total. The number of nitrogens with one attached hydrogen (secondary N) is 1. The van der Waals surface area contributed by atoms with Crippen LogP contribution in [-0.4, -0.2) is 74.1 Å². The van der Waals surface area contributed by atoms with Crippen molar-refractivity contribution in [3.05, 3.63) is 35.4 Å². The fourth-order valence-electron chi connectivity index (χ4n) is 3.11. The molecule has 6 heteroatoms. The van der Waals surface area contributed by atoms with Crippen LogP contribution in [-0.2, 0) is 4.74 Å². The van der Waals surface area contributed by atoms with Crippen LogP contribution in [0, 0.1) is 0 Å². The van der Waals surface area contributed by atoms with Gasteiger partial charge >= 0.3 is 5.97 Å². The Kier molecular flexibility index (Phi) is 4.40. The highest BCUT2D eigenvalue weighted by molar-refractivity contribution is 5.96. The van der Waals surface area contributed by atoms with Gasteiger partial charge in [0.2, 0.25) is 0 Å². The standard InChI is InChI=1S/C16H21N3O3/c1-22-16(21)13-4-2-12(3-5-13)15(20)17-10-14-11-18-6-8-19(14)9-7-18/h2-5,14H,6-11H2,1H3,(H,17,20). The molecular formula is C16H21N3O3. The molecule has 0 aliphatic carbocycles. The number of hydrogen-bond acceptors (Lipinski definition) is 5. The first-order valence-electron chi connectivity index (χ1n) is 7.60. The van der Waals surface area contributed by atoms with E-state index in [0.29, 0.717) is 23.7 Å². The first-order chi connectivity index (χ1) is 10.7. The van der Waals surface area contributed by atoms with Gasteiger partial charge in [-0.25, -0.2) is 4.79 Å². The van der Waals surface area contributed by atoms with E-state index < -0.39 is 5.97 Å². The highest BCUT2D eigenvalue weighted by Crippen LogP contribution is 2.15. The fourth-order valence-corrected chi connectivity index (χ4v) is 3.11. The Hall–Kier alpha value is -1.92. The lowest BCUT2D eigenvalue weighted by atomic mass is 10.1. The predicted octanol–water partition coefficient (Wildman–Crippen LogP) is 0.203. The molecule has 1 unspecified atom stereocenters. The molecule has 22 heavy (non-hydrogen) atoms. The van der Waals surface area contributed by atoms with Crippen LogP contribution in [0.1, 0.15) is 20.7 Å². The second-order valence-electron chi connectivity index (χ2n) is 5.77. The number of ether oxygens (including phenoxy) is 1. The summed E-state index contributed by atoms with van der Waals surface area (Å²) in [6.45, 7) is 6.15. The first-order valence-corrected chi connectivity index (χ1v) is 7.60. The highest BCUT2D eigenvalue weighted by Gasteiger charge is 2.31. The van der Waals surface area contributed by atoms with Gasteiger partial charge in [-0.1, -0.05) is 0 Å². The average Bonchev–Trinajstić information content (AvgIpc) is 2.60. The summed E-state index contributed by atoms with van der Waals surface area (Å²) in [7, 11) is 1.34. The van der Waals surface area contributed by atoms with Gasteiger partial charge in [-0.05, 0) is 24.3 Å². The molecule has 3 heterocycles. The van der Waals surface area contributed by atoms with Crippen molar-refractivity contribution in [3.63, 3.8) is 0 Å². The van der Waals surface area contributed by atoms with Crippen molar-refractivity contribution in [2.45, 2.75) is 6.04 Å². The van der Waals surface area contributed by atoms with Gasteiger partial charge in [0.25, 0.3) is 5.91 Å². The summed E-state index contributed by atoms with van der Waals surface area (Å²) in [4.78, 5) is 28.4. The van der Waals surface area contributed by atoms with Gasteiger partial charge < -0.3 is 10.1 Å². The van der Waals surface area contributed by atoms with Crippen LogP contribution < -0.4 is 5.32 Å². The highest BCUT2D eigenvalue weighted by atomic mass is 16.5. The molecule has 0 aromatic heterocycles. The van der Waals surface area contributed by atoms with Gasteiger partial charge in [-0.3, -0.25) is 14.6 Å². The quantitative estimate of drug-likeness (QED) is 0.805. The summed E-state index contributed by atoms with van der Waals surface area (Å²) in [6.07, 6.45) is 0. The number of hydrogen-bond donors (Lipinski definition) is 1. The molecule has 0 spiro atoms. The Morgan fingerprint density at radius 1 is 1.14 bits per heavy atom. The van der Waals surface area contributed by atoms with Crippen LogP contribution in [0.5, 0.6) is 0 Å². The Morgan fingerprint density at radius 3 is 2.32 bits per heavy atom. The summed E-state index contributed by atoms with van der Waals surface area (Å²) in [5, 5.41) is 2.99. The molecule has 1 N–H and O–H groups in total. The van der Waals surface area contributed by atoms with Crippen LogP contribution in [0.2, 0.25) is 0 Å². The number of carbonyl (C=O) groups is 2. The number of esters is 1. The SMILES string of the molecule is COC(=O)c1ccc(C(=O)NCC2CN3CCN2CC3)cc1. The van der Waals surface area contributed by atoms with Crippen molar-refractivity contribution in [3.8, 4) is 0 Å². The zero-order valence-electron chi connectivity index (χ0n) is 12.7. The molecule has 0 radical (unpaired) electrons. The van der Waals surface area contributed by atoms with E-state index in [1.54, 1.807) is 24.3 Å². The van der Waals surface area contributed by atoms with Gasteiger partial charge in [0.05, 0.1) is 12.7 Å². The molecule has 0 saturated carbocycles. The molecular weight excluding hydrogens is 282 g/mol. The van der Waals surface area contributed by atoms with Gasteiger partial charge in [-0.2, -0.15) is 0 Å². The first kappa shape index (κ1) is 15.0. The van der Waals surface area contributed by atoms with Crippen molar-refractivity contribution in [1.29, 1.82) is 0 Å². The van der Waals surface area contributed by atoms with Gasteiger partial charge in [0.15, 0.2) is 0 Å². The summed E-state index contributed by atoms with van der Waals surface area (Å²) in [5.74, 6) is -0.499. The van der Waals surface area contributed by atoms with Crippen LogP contribution >= 0.6 is 0 Å². The number of piperazine rings is 3. The van der Waals surface area contributed by atoms with E-state index in [2.05, 4.69) is 19.9 Å². The van der Waals surface area contributed by atoms with Crippen LogP contribution in [0.15, 0.2) is 24.3 Å². The van der Waals surface area contributed by atoms with Gasteiger partial charge in [-0.15, -0.1) is 0 Å². The van der Waals surface area contributed by atoms with Crippen molar-refractivity contribution >= 4 is 11.9 Å². The Balaban J connectivity index is 1.54. The van der Waals surface area contributed by atoms with E-state index in [1.165, 1.54) is 7.11 Å². The summed E-state index contributed by atoms with van der Waals surface area (Å²) < 4.78 is 4.64. The third-order valence-electron chi connectivity index (χ3n) is 4.46. The largest absolute Gasteiger partial charge is 0.465 e. The zero-order valence-corrected chi connectivity index (χ0v) is 12.7. The molecule has 1 aromatic carbocycles. The van der Waals surface area contributed by atoms with E-state index in [-0.39, 0.29) is 5.91 Å². The Labute approximate surface area is 130 Å². The minimum absolute atomic E-state index is 0.103. The van der Waals surface area contributed by atoms with Crippen LogP contribution in [0.25, 0.3) is 0 Å². The molecule has 3 aliphatic rings. The topological polar surface area (TPSA) is 61.9 Å². The number of methoxy groups -OCH3 is 1. The van der Waals surface area contributed by atoms with Crippen molar-refractivity contribution in [1.82, 2.24) is 15.1 Å². The molecule has 3 aliphatic heterocycles. The smallest absolute Gasteiger partial charge is 0.337 e. The number of rotatable bonds is 4. The van der Waals surface area contributed by atoms with Crippen molar-refractivity contribution < 1.29 is 14.3 Å². The van der Waals surface area contributed by atoms with E-state index in [1.807, 2.05) is 0 Å². The number of nitrogens with zero attached hydrogens (tertiary/aromatic N) is 2. The normalized spacial score (nSPS) is 26.5. The Bertz CT molecular complexity index is 550. The average molecular weight is 303 g/mol. The molecule has 3 saturated heterocycles. The lowest BCUT2D eigenvalue weighted by Crippen LogP contribution is -2.63. The van der Waals surface area contributed by atoms with E-state index in [4.69, 9.17) is 0 Å². The molecule has 118 valence electrons. The van der Waals surface area contributed by atoms with E-state index in [9.17, 15) is 9.59 Å². The van der Waals surface area contributed by atoms with E-state index >= 15 is 0 Å². The lowest BCUT2D eigenvalue weighted by Gasteiger charge is -2.47. The maximum atomic E-state index is 12.2. The number of carbonyl (C=O) groups excluding carboxylic acids is 2. The molecule has 1 aromatic rings. The number of benzene rings is 1. The third kappa shape index (κ3) is 3.13. The predicted molar refractivity (Wildman–Crippen MR) is 81.9 cm³/mol. The molecule has 3 fully saturated rings. The van der Waals surface area contributed by atoms with Gasteiger partial charge in [0.1, 0.15) is 0 Å². The minimum atomic E-state index is -0.396. The minimum Gasteiger partial charge on any atom is -0.465 e. The zero-order chi connectivity index (χ0) is 15.5. The molecule has 4 rings (SSSR count). The lowest BCUT2D eigenvalue weighted by molar-refractivity contribution is 0.0138. The summed E-state index contributed by atoms with van der Waals surface area (Å²) in [5.41, 5.74) is 1.01. The van der Waals surface area contributed by atoms with Crippen LogP contribution in [0.3, 0.4) is 0 Å². The van der Waals surface area contributed by atoms with Crippen LogP contribution in [0.4, 0.5) is 0 Å². The maximum Gasteiger partial charge on any atom is 0.337 e. The Morgan fingerprint density at radius 2 is 1.77 bits per heavy atom. The molecule has 1 atom stereocenters. The maximum absolute atomic E-state index is 12.2. The summed E-state index contributed by atoms with van der Waals surface area (Å²) in [6, 6.07) is 6.93. The van der Waals surface area contributed by atoms with Crippen molar-refractivity contribution in [2.24, 2.45) is 0 Å². The van der Waals surface area contributed by atoms with E-state index in [0.717, 1.165) is 32.7 Å². The monoisotopic (exact) mass is 303 g/mol. The van der Waals surface area contributed by atoms with Crippen molar-refractivity contribution in [2.75, 3.05) is 46.4 Å². The van der Waals surface area contributed by atoms with Gasteiger partial charge in [0, 0.05) is 50.9 Å². The number of fused-ring (bicyclic) bond motifs is 3. The second kappa shape index (κ2) is 6.46. The third-order valence-corrected chi connectivity index (χ3v) is 4.46. The fraction of sp³-hybridized carbons (Fsp3) is 0.500. The second-order valence-corrected chi connectivity index (χ2v) is 5.77. The summed E-state index contributed by atoms with van der Waals surface area (Å²) >= 11 is 0. The number of amides is 1.